The molecule has 0 saturated carbocycles. The summed E-state index contributed by atoms with van der Waals surface area (Å²) in [6, 6.07) is 5.55. The zero-order chi connectivity index (χ0) is 16.4. The Hall–Kier alpha value is -1.06. The van der Waals surface area contributed by atoms with Gasteiger partial charge in [-0.05, 0) is 47.2 Å². The van der Waals surface area contributed by atoms with E-state index in [0.717, 1.165) is 15.0 Å². The number of rotatable bonds is 3. The van der Waals surface area contributed by atoms with E-state index in [1.54, 1.807) is 12.4 Å². The smallest absolute Gasteiger partial charge is 0.144 e. The van der Waals surface area contributed by atoms with Crippen LogP contribution in [0.1, 0.15) is 12.0 Å². The molecule has 8 heteroatoms. The van der Waals surface area contributed by atoms with E-state index in [9.17, 15) is 4.39 Å². The lowest BCUT2D eigenvalue weighted by atomic mass is 10.2. The Kier molecular flexibility index (Phi) is 5.27. The van der Waals surface area contributed by atoms with Crippen LogP contribution >= 0.6 is 46.4 Å². The molecule has 1 saturated heterocycles. The van der Waals surface area contributed by atoms with Crippen LogP contribution < -0.4 is 10.2 Å². The van der Waals surface area contributed by atoms with Crippen molar-refractivity contribution in [1.29, 1.82) is 0 Å². The maximum atomic E-state index is 13.3. The van der Waals surface area contributed by atoms with Gasteiger partial charge in [-0.15, -0.1) is 0 Å². The van der Waals surface area contributed by atoms with Crippen LogP contribution in [0.4, 0.5) is 16.0 Å². The minimum Gasteiger partial charge on any atom is -0.354 e. The summed E-state index contributed by atoms with van der Waals surface area (Å²) in [6.07, 6.45) is 3.05. The van der Waals surface area contributed by atoms with E-state index >= 15 is 0 Å². The van der Waals surface area contributed by atoms with Gasteiger partial charge in [-0.1, -0.05) is 23.8 Å². The Morgan fingerprint density at radius 1 is 1.39 bits per heavy atom. The van der Waals surface area contributed by atoms with E-state index in [1.807, 2.05) is 23.1 Å². The molecule has 3 heterocycles. The van der Waals surface area contributed by atoms with Crippen LogP contribution in [0.5, 0.6) is 0 Å². The Morgan fingerprint density at radius 2 is 2.22 bits per heavy atom. The molecule has 0 amide bonds. The first-order valence-electron chi connectivity index (χ1n) is 7.00. The highest BCUT2D eigenvalue weighted by molar-refractivity contribution is 14.1. The fraction of sp³-hybridized carbons (Fsp3) is 0.267. The van der Waals surface area contributed by atoms with E-state index in [4.69, 9.17) is 23.8 Å². The summed E-state index contributed by atoms with van der Waals surface area (Å²) in [5.74, 6) is 1.43. The van der Waals surface area contributed by atoms with Gasteiger partial charge in [-0.2, -0.15) is 0 Å². The highest BCUT2D eigenvalue weighted by Crippen LogP contribution is 2.22. The van der Waals surface area contributed by atoms with E-state index in [0.29, 0.717) is 35.3 Å². The molecule has 1 aliphatic rings. The van der Waals surface area contributed by atoms with Crippen LogP contribution in [0.25, 0.3) is 0 Å². The van der Waals surface area contributed by atoms with Crippen molar-refractivity contribution in [2.24, 2.45) is 0 Å². The maximum Gasteiger partial charge on any atom is 0.144 e. The first-order chi connectivity index (χ1) is 11.0. The molecule has 1 unspecified atom stereocenters. The number of hydrogen-bond donors (Lipinski definition) is 1. The number of thiocarbonyl (C=S) groups is 1. The number of aromatic nitrogens is 2. The molecule has 1 N–H and O–H groups in total. The normalized spacial score (nSPS) is 17.3. The summed E-state index contributed by atoms with van der Waals surface area (Å²) in [4.78, 5) is 11.1. The molecule has 2 aromatic rings. The monoisotopic (exact) mass is 462 g/mol. The highest BCUT2D eigenvalue weighted by atomic mass is 127. The van der Waals surface area contributed by atoms with E-state index in [-0.39, 0.29) is 0 Å². The number of alkyl halides is 1. The van der Waals surface area contributed by atoms with Crippen LogP contribution in [0.15, 0.2) is 30.6 Å². The number of nitrogens with one attached hydrogen (secondary N) is 1. The van der Waals surface area contributed by atoms with Gasteiger partial charge in [0.2, 0.25) is 0 Å². The Balaban J connectivity index is 1.70. The minimum absolute atomic E-state index is 0.405. The quantitative estimate of drug-likeness (QED) is 0.550. The average molecular weight is 463 g/mol. The van der Waals surface area contributed by atoms with Crippen LogP contribution in [-0.4, -0.2) is 34.2 Å². The highest BCUT2D eigenvalue weighted by Gasteiger charge is 2.22. The van der Waals surface area contributed by atoms with Gasteiger partial charge in [0, 0.05) is 24.5 Å². The fourth-order valence-electron chi connectivity index (χ4n) is 2.32. The number of nitrogens with zero attached hydrogens (tertiary/aromatic N) is 3. The van der Waals surface area contributed by atoms with Crippen molar-refractivity contribution in [2.45, 2.75) is 12.6 Å². The first kappa shape index (κ1) is 16.8. The maximum absolute atomic E-state index is 13.3. The predicted octanol–water partition coefficient (Wildman–Crippen LogP) is 4.07. The lowest BCUT2D eigenvalue weighted by Crippen LogP contribution is -2.21. The molecular weight excluding hydrogens is 450 g/mol. The average Bonchev–Trinajstić information content (AvgIpc) is 2.97. The van der Waals surface area contributed by atoms with Crippen molar-refractivity contribution in [3.63, 3.8) is 0 Å². The van der Waals surface area contributed by atoms with E-state index in [1.165, 1.54) is 0 Å². The zero-order valence-electron chi connectivity index (χ0n) is 12.0. The minimum atomic E-state index is -0.766. The van der Waals surface area contributed by atoms with Crippen LogP contribution in [-0.2, 0) is 0 Å². The number of halogens is 3. The summed E-state index contributed by atoms with van der Waals surface area (Å²) in [7, 11) is 0. The lowest BCUT2D eigenvalue weighted by Gasteiger charge is -2.16. The van der Waals surface area contributed by atoms with Crippen LogP contribution in [0.2, 0.25) is 5.02 Å². The SMILES string of the molecule is FC1CCN(c2ccc(C(=S)Nc3ncc(Cl)cc3I)cn2)C1. The van der Waals surface area contributed by atoms with Crippen LogP contribution in [0, 0.1) is 3.57 Å². The van der Waals surface area contributed by atoms with Gasteiger partial charge in [0.25, 0.3) is 0 Å². The number of hydrogen-bond acceptors (Lipinski definition) is 4. The van der Waals surface area contributed by atoms with E-state index < -0.39 is 6.17 Å². The predicted molar refractivity (Wildman–Crippen MR) is 103 cm³/mol. The fourth-order valence-corrected chi connectivity index (χ4v) is 3.49. The first-order valence-corrected chi connectivity index (χ1v) is 8.87. The molecule has 0 radical (unpaired) electrons. The molecule has 0 aromatic carbocycles. The molecule has 0 aliphatic carbocycles. The van der Waals surface area contributed by atoms with E-state index in [2.05, 4.69) is 37.9 Å². The largest absolute Gasteiger partial charge is 0.354 e. The van der Waals surface area contributed by atoms with Crippen molar-refractivity contribution in [1.82, 2.24) is 9.97 Å². The van der Waals surface area contributed by atoms with Crippen molar-refractivity contribution in [3.05, 3.63) is 44.7 Å². The van der Waals surface area contributed by atoms with Gasteiger partial charge in [0.1, 0.15) is 22.8 Å². The van der Waals surface area contributed by atoms with Crippen molar-refractivity contribution >= 4 is 63.0 Å². The molecule has 4 nitrogen and oxygen atoms in total. The molecule has 1 fully saturated rings. The van der Waals surface area contributed by atoms with Gasteiger partial charge in [0.15, 0.2) is 0 Å². The molecule has 3 rings (SSSR count). The molecule has 1 atom stereocenters. The second-order valence-corrected chi connectivity index (χ2v) is 7.18. The summed E-state index contributed by atoms with van der Waals surface area (Å²) >= 11 is 13.4. The Labute approximate surface area is 157 Å². The summed E-state index contributed by atoms with van der Waals surface area (Å²) < 4.78 is 14.1. The van der Waals surface area contributed by atoms with Crippen LogP contribution in [0.3, 0.4) is 0 Å². The van der Waals surface area contributed by atoms with Gasteiger partial charge in [-0.3, -0.25) is 0 Å². The number of pyridine rings is 2. The van der Waals surface area contributed by atoms with Crippen molar-refractivity contribution in [3.8, 4) is 0 Å². The molecule has 120 valence electrons. The summed E-state index contributed by atoms with van der Waals surface area (Å²) in [5, 5.41) is 3.67. The standard InChI is InChI=1S/C15H13ClFIN4S/c16-10-5-12(18)14(20-7-10)21-15(23)9-1-2-13(19-6-9)22-4-3-11(17)8-22/h1-2,5-7,11H,3-4,8H2,(H,20,21,23). The molecule has 0 bridgehead atoms. The van der Waals surface area contributed by atoms with Gasteiger partial charge >= 0.3 is 0 Å². The second-order valence-electron chi connectivity index (χ2n) is 5.18. The number of anilines is 2. The third-order valence-electron chi connectivity index (χ3n) is 3.50. The Morgan fingerprint density at radius 3 is 2.83 bits per heavy atom. The van der Waals surface area contributed by atoms with Gasteiger partial charge in [0.05, 0.1) is 15.1 Å². The molecule has 1 aliphatic heterocycles. The second kappa shape index (κ2) is 7.23. The molecule has 0 spiro atoms. The zero-order valence-corrected chi connectivity index (χ0v) is 15.7. The molecular formula is C15H13ClFIN4S. The van der Waals surface area contributed by atoms with Gasteiger partial charge < -0.3 is 10.2 Å². The summed E-state index contributed by atoms with van der Waals surface area (Å²) in [5.41, 5.74) is 0.785. The van der Waals surface area contributed by atoms with Crippen molar-refractivity contribution < 1.29 is 4.39 Å². The lowest BCUT2D eigenvalue weighted by molar-refractivity contribution is 0.364. The molecule has 23 heavy (non-hydrogen) atoms. The van der Waals surface area contributed by atoms with Crippen molar-refractivity contribution in [2.75, 3.05) is 23.3 Å². The third-order valence-corrected chi connectivity index (χ3v) is 4.87. The molecule has 2 aromatic heterocycles. The third kappa shape index (κ3) is 4.07. The topological polar surface area (TPSA) is 41.0 Å². The van der Waals surface area contributed by atoms with Gasteiger partial charge in [-0.25, -0.2) is 14.4 Å². The Bertz CT molecular complexity index is 728. The summed E-state index contributed by atoms with van der Waals surface area (Å²) in [6.45, 7) is 1.10.